The number of ether oxygens (including phenoxy) is 1. The third-order valence-corrected chi connectivity index (χ3v) is 5.40. The maximum Gasteiger partial charge on any atom is 0.308 e. The van der Waals surface area contributed by atoms with E-state index in [-0.39, 0.29) is 13.0 Å². The number of carbonyl (C=O) groups is 4. The van der Waals surface area contributed by atoms with Gasteiger partial charge in [-0.15, -0.1) is 0 Å². The maximum absolute atomic E-state index is 12.4. The summed E-state index contributed by atoms with van der Waals surface area (Å²) in [5, 5.41) is 3.57. The van der Waals surface area contributed by atoms with Crippen LogP contribution in [0.2, 0.25) is 10.0 Å². The lowest BCUT2D eigenvalue weighted by Gasteiger charge is -2.16. The molecule has 0 aromatic heterocycles. The van der Waals surface area contributed by atoms with Crippen molar-refractivity contribution in [1.29, 1.82) is 0 Å². The molecule has 162 valence electrons. The highest BCUT2D eigenvalue weighted by atomic mass is 35.5. The van der Waals surface area contributed by atoms with Gasteiger partial charge in [-0.2, -0.15) is 0 Å². The van der Waals surface area contributed by atoms with E-state index in [0.717, 1.165) is 10.5 Å². The number of fused-ring (bicyclic) bond motifs is 1. The van der Waals surface area contributed by atoms with E-state index in [9.17, 15) is 19.2 Å². The van der Waals surface area contributed by atoms with E-state index in [1.54, 1.807) is 43.3 Å². The van der Waals surface area contributed by atoms with Gasteiger partial charge in [0.05, 0.1) is 23.6 Å². The van der Waals surface area contributed by atoms with Gasteiger partial charge in [-0.1, -0.05) is 40.9 Å². The van der Waals surface area contributed by atoms with E-state index in [4.69, 9.17) is 27.9 Å². The average molecular weight is 463 g/mol. The van der Waals surface area contributed by atoms with Gasteiger partial charge in [-0.3, -0.25) is 24.1 Å². The molecule has 0 spiro atoms. The van der Waals surface area contributed by atoms with Crippen molar-refractivity contribution in [3.63, 3.8) is 0 Å². The molecule has 2 aromatic rings. The smallest absolute Gasteiger partial charge is 0.308 e. The Morgan fingerprint density at radius 1 is 1.06 bits per heavy atom. The van der Waals surface area contributed by atoms with Crippen LogP contribution in [-0.2, 0) is 14.3 Å². The zero-order valence-electron chi connectivity index (χ0n) is 16.9. The van der Waals surface area contributed by atoms with Gasteiger partial charge in [0.2, 0.25) is 0 Å². The number of imide groups is 1. The number of aryl methyl sites for hydroxylation is 1. The van der Waals surface area contributed by atoms with E-state index in [0.29, 0.717) is 26.7 Å². The summed E-state index contributed by atoms with van der Waals surface area (Å²) in [5.74, 6) is -2.09. The number of benzene rings is 2. The van der Waals surface area contributed by atoms with Gasteiger partial charge in [-0.25, -0.2) is 0 Å². The molecule has 0 saturated heterocycles. The first kappa shape index (κ1) is 22.8. The summed E-state index contributed by atoms with van der Waals surface area (Å²) < 4.78 is 4.96. The van der Waals surface area contributed by atoms with Gasteiger partial charge >= 0.3 is 5.97 Å². The van der Waals surface area contributed by atoms with E-state index < -0.39 is 36.3 Å². The first-order valence-electron chi connectivity index (χ1n) is 9.54. The van der Waals surface area contributed by atoms with Crippen molar-refractivity contribution in [3.8, 4) is 0 Å². The number of hydrogen-bond donors (Lipinski definition) is 1. The average Bonchev–Trinajstić information content (AvgIpc) is 2.94. The van der Waals surface area contributed by atoms with Crippen LogP contribution < -0.4 is 5.32 Å². The van der Waals surface area contributed by atoms with Crippen molar-refractivity contribution in [2.45, 2.75) is 26.3 Å². The van der Waals surface area contributed by atoms with Crippen molar-refractivity contribution in [2.75, 3.05) is 13.2 Å². The van der Waals surface area contributed by atoms with Crippen LogP contribution in [0.1, 0.15) is 51.2 Å². The largest absolute Gasteiger partial charge is 0.456 e. The summed E-state index contributed by atoms with van der Waals surface area (Å²) >= 11 is 12.0. The Balaban J connectivity index is 1.47. The van der Waals surface area contributed by atoms with Crippen molar-refractivity contribution < 1.29 is 23.9 Å². The molecule has 0 fully saturated rings. The number of nitrogens with zero attached hydrogens (tertiary/aromatic N) is 1. The Morgan fingerprint density at radius 2 is 1.77 bits per heavy atom. The molecule has 1 heterocycles. The molecule has 7 nitrogen and oxygen atoms in total. The fraction of sp³-hybridized carbons (Fsp3) is 0.273. The molecule has 1 unspecified atom stereocenters. The van der Waals surface area contributed by atoms with Crippen LogP contribution in [0.15, 0.2) is 36.4 Å². The van der Waals surface area contributed by atoms with Gasteiger partial charge in [0.1, 0.15) is 0 Å². The van der Waals surface area contributed by atoms with Crippen molar-refractivity contribution in [3.05, 3.63) is 68.7 Å². The predicted molar refractivity (Wildman–Crippen MR) is 115 cm³/mol. The number of hydrogen-bond acceptors (Lipinski definition) is 5. The van der Waals surface area contributed by atoms with Crippen LogP contribution in [0.5, 0.6) is 0 Å². The van der Waals surface area contributed by atoms with Gasteiger partial charge < -0.3 is 10.1 Å². The summed E-state index contributed by atoms with van der Waals surface area (Å²) in [6, 6.07) is 9.50. The monoisotopic (exact) mass is 462 g/mol. The fourth-order valence-corrected chi connectivity index (χ4v) is 3.81. The number of carbonyl (C=O) groups excluding carboxylic acids is 4. The molecule has 2 aromatic carbocycles. The van der Waals surface area contributed by atoms with Crippen LogP contribution in [0.4, 0.5) is 0 Å². The lowest BCUT2D eigenvalue weighted by molar-refractivity contribution is -0.148. The molecule has 9 heteroatoms. The zero-order chi connectivity index (χ0) is 22.7. The van der Waals surface area contributed by atoms with Gasteiger partial charge in [0, 0.05) is 16.6 Å². The second-order valence-corrected chi connectivity index (χ2v) is 8.02. The molecule has 3 rings (SSSR count). The minimum atomic E-state index is -0.694. The number of nitrogens with one attached hydrogen (secondary N) is 1. The second-order valence-electron chi connectivity index (χ2n) is 7.18. The summed E-state index contributed by atoms with van der Waals surface area (Å²) in [6.45, 7) is 2.95. The standard InChI is InChI=1S/C22H20Cl2N2O5/c1-12-3-5-16-17(9-12)22(30)26(21(16)29)8-7-20(28)31-11-19(27)25-13(2)15-6-4-14(23)10-18(15)24/h3-6,9-10,13H,7-8,11H2,1-2H3,(H,25,27). The molecule has 1 N–H and O–H groups in total. The van der Waals surface area contributed by atoms with Crippen LogP contribution >= 0.6 is 23.2 Å². The normalized spacial score (nSPS) is 13.7. The molecule has 1 aliphatic heterocycles. The maximum atomic E-state index is 12.4. The quantitative estimate of drug-likeness (QED) is 0.499. The second kappa shape index (κ2) is 9.49. The lowest BCUT2D eigenvalue weighted by atomic mass is 10.1. The Kier molecular flexibility index (Phi) is 6.97. The lowest BCUT2D eigenvalue weighted by Crippen LogP contribution is -2.34. The molecule has 1 aliphatic rings. The predicted octanol–water partition coefficient (Wildman–Crippen LogP) is 3.71. The van der Waals surface area contributed by atoms with E-state index in [1.165, 1.54) is 0 Å². The van der Waals surface area contributed by atoms with Crippen molar-refractivity contribution >= 4 is 46.9 Å². The summed E-state index contributed by atoms with van der Waals surface area (Å²) in [6.07, 6.45) is -0.212. The highest BCUT2D eigenvalue weighted by Crippen LogP contribution is 2.26. The molecule has 0 aliphatic carbocycles. The SMILES string of the molecule is Cc1ccc2c(c1)C(=O)N(CCC(=O)OCC(=O)NC(C)c1ccc(Cl)cc1Cl)C2=O. The summed E-state index contributed by atoms with van der Waals surface area (Å²) in [7, 11) is 0. The van der Waals surface area contributed by atoms with Crippen LogP contribution in [-0.4, -0.2) is 41.7 Å². The summed E-state index contributed by atoms with van der Waals surface area (Å²) in [5.41, 5.74) is 2.18. The molecule has 0 bridgehead atoms. The third-order valence-electron chi connectivity index (χ3n) is 4.84. The first-order chi connectivity index (χ1) is 14.7. The van der Waals surface area contributed by atoms with Gasteiger partial charge in [0.15, 0.2) is 6.61 Å². The van der Waals surface area contributed by atoms with E-state index in [2.05, 4.69) is 5.32 Å². The molecule has 3 amide bonds. The van der Waals surface area contributed by atoms with Gasteiger partial charge in [-0.05, 0) is 43.7 Å². The number of rotatable bonds is 7. The van der Waals surface area contributed by atoms with Crippen LogP contribution in [0.25, 0.3) is 0 Å². The van der Waals surface area contributed by atoms with Gasteiger partial charge in [0.25, 0.3) is 17.7 Å². The van der Waals surface area contributed by atoms with E-state index >= 15 is 0 Å². The Morgan fingerprint density at radius 3 is 2.48 bits per heavy atom. The Hall–Kier alpha value is -2.90. The number of halogens is 2. The van der Waals surface area contributed by atoms with Crippen LogP contribution in [0, 0.1) is 6.92 Å². The molecule has 0 radical (unpaired) electrons. The van der Waals surface area contributed by atoms with Crippen molar-refractivity contribution in [2.24, 2.45) is 0 Å². The Labute approximate surface area is 189 Å². The highest BCUT2D eigenvalue weighted by Gasteiger charge is 2.35. The number of esters is 1. The first-order valence-corrected chi connectivity index (χ1v) is 10.3. The molecule has 31 heavy (non-hydrogen) atoms. The van der Waals surface area contributed by atoms with Crippen LogP contribution in [0.3, 0.4) is 0 Å². The van der Waals surface area contributed by atoms with Crippen molar-refractivity contribution in [1.82, 2.24) is 10.2 Å². The topological polar surface area (TPSA) is 92.8 Å². The molecular formula is C22H20Cl2N2O5. The zero-order valence-corrected chi connectivity index (χ0v) is 18.4. The molecule has 1 atom stereocenters. The highest BCUT2D eigenvalue weighted by molar-refractivity contribution is 6.35. The molecule has 0 saturated carbocycles. The minimum Gasteiger partial charge on any atom is -0.456 e. The minimum absolute atomic E-state index is 0.122. The fourth-order valence-electron chi connectivity index (χ4n) is 3.24. The molecular weight excluding hydrogens is 443 g/mol. The third kappa shape index (κ3) is 5.24. The number of amides is 3. The Bertz CT molecular complexity index is 1070. The van der Waals surface area contributed by atoms with E-state index in [1.807, 2.05) is 6.92 Å². The summed E-state index contributed by atoms with van der Waals surface area (Å²) in [4.78, 5) is 49.9.